The summed E-state index contributed by atoms with van der Waals surface area (Å²) in [5.74, 6) is 1.08. The van der Waals surface area contributed by atoms with Crippen LogP contribution >= 0.6 is 23.8 Å². The van der Waals surface area contributed by atoms with E-state index < -0.39 is 5.82 Å². The van der Waals surface area contributed by atoms with Crippen LogP contribution in [0.1, 0.15) is 29.0 Å². The summed E-state index contributed by atoms with van der Waals surface area (Å²) in [6.07, 6.45) is 3.71. The van der Waals surface area contributed by atoms with Gasteiger partial charge in [-0.1, -0.05) is 35.9 Å². The number of nitrogens with zero attached hydrogens (tertiary/aromatic N) is 3. The highest BCUT2D eigenvalue weighted by molar-refractivity contribution is 7.80. The van der Waals surface area contributed by atoms with E-state index in [-0.39, 0.29) is 17.1 Å². The lowest BCUT2D eigenvalue weighted by atomic mass is 10.0. The number of para-hydroxylation sites is 1. The standard InChI is InChI=1S/C31H24ClFN4OS/c1-20-7-2-3-10-28(20)38-23-14-11-21(12-15-23)37-30(29(35-31(37)39)26-8-4-5-17-34-26)27-9-6-18-36(27)22-13-16-25(33)24(32)19-22/h2-19,29-30H,1H3,(H,35,39). The smallest absolute Gasteiger partial charge is 0.174 e. The van der Waals surface area contributed by atoms with Crippen LogP contribution in [-0.4, -0.2) is 14.7 Å². The highest BCUT2D eigenvalue weighted by atomic mass is 35.5. The molecule has 5 nitrogen and oxygen atoms in total. The third-order valence-electron chi connectivity index (χ3n) is 6.80. The topological polar surface area (TPSA) is 42.3 Å². The molecule has 2 unspecified atom stereocenters. The maximum atomic E-state index is 14.0. The molecule has 0 saturated carbocycles. The summed E-state index contributed by atoms with van der Waals surface area (Å²) in [5.41, 5.74) is 4.52. The molecule has 3 aromatic carbocycles. The van der Waals surface area contributed by atoms with Crippen LogP contribution in [-0.2, 0) is 0 Å². The first-order chi connectivity index (χ1) is 19.0. The lowest BCUT2D eigenvalue weighted by Crippen LogP contribution is -2.30. The summed E-state index contributed by atoms with van der Waals surface area (Å²) in [6.45, 7) is 2.02. The van der Waals surface area contributed by atoms with Crippen molar-refractivity contribution in [3.8, 4) is 17.2 Å². The number of benzene rings is 3. The van der Waals surface area contributed by atoms with Crippen molar-refractivity contribution < 1.29 is 9.13 Å². The molecule has 1 aliphatic heterocycles. The number of aromatic nitrogens is 2. The Morgan fingerprint density at radius 1 is 0.923 bits per heavy atom. The molecule has 1 aliphatic rings. The lowest BCUT2D eigenvalue weighted by Gasteiger charge is -2.29. The summed E-state index contributed by atoms with van der Waals surface area (Å²) >= 11 is 12.0. The third-order valence-corrected chi connectivity index (χ3v) is 7.40. The van der Waals surface area contributed by atoms with E-state index in [0.29, 0.717) is 5.11 Å². The Bertz CT molecular complexity index is 1640. The molecule has 0 amide bonds. The lowest BCUT2D eigenvalue weighted by molar-refractivity contribution is 0.479. The van der Waals surface area contributed by atoms with Gasteiger partial charge in [0, 0.05) is 29.5 Å². The van der Waals surface area contributed by atoms with E-state index in [1.165, 1.54) is 6.07 Å². The van der Waals surface area contributed by atoms with Gasteiger partial charge in [-0.15, -0.1) is 0 Å². The maximum absolute atomic E-state index is 14.0. The zero-order valence-electron chi connectivity index (χ0n) is 21.0. The van der Waals surface area contributed by atoms with Crippen LogP contribution in [0.4, 0.5) is 10.1 Å². The monoisotopic (exact) mass is 554 g/mol. The number of anilines is 1. The van der Waals surface area contributed by atoms with Crippen LogP contribution in [0.5, 0.6) is 11.5 Å². The van der Waals surface area contributed by atoms with Crippen molar-refractivity contribution in [2.45, 2.75) is 19.0 Å². The Morgan fingerprint density at radius 3 is 2.44 bits per heavy atom. The highest BCUT2D eigenvalue weighted by Gasteiger charge is 2.42. The van der Waals surface area contributed by atoms with Crippen LogP contribution in [0.2, 0.25) is 5.02 Å². The second-order valence-corrected chi connectivity index (χ2v) is 10.1. The molecule has 1 fully saturated rings. The van der Waals surface area contributed by atoms with Gasteiger partial charge in [-0.25, -0.2) is 4.39 Å². The minimum absolute atomic E-state index is 0.0644. The molecule has 0 radical (unpaired) electrons. The Hall–Kier alpha value is -4.20. The predicted octanol–water partition coefficient (Wildman–Crippen LogP) is 7.94. The van der Waals surface area contributed by atoms with Gasteiger partial charge in [0.25, 0.3) is 0 Å². The number of halogens is 2. The quantitative estimate of drug-likeness (QED) is 0.216. The second kappa shape index (κ2) is 10.5. The van der Waals surface area contributed by atoms with Crippen molar-refractivity contribution in [2.24, 2.45) is 0 Å². The van der Waals surface area contributed by atoms with Gasteiger partial charge in [-0.2, -0.15) is 0 Å². The molecule has 6 rings (SSSR count). The molecule has 1 N–H and O–H groups in total. The number of hydrogen-bond acceptors (Lipinski definition) is 3. The molecular formula is C31H24ClFN4OS. The van der Waals surface area contributed by atoms with Gasteiger partial charge < -0.3 is 19.5 Å². The molecule has 1 saturated heterocycles. The SMILES string of the molecule is Cc1ccccc1Oc1ccc(N2C(=S)NC(c3ccccn3)C2c2cccn2-c2ccc(F)c(Cl)c2)cc1. The van der Waals surface area contributed by atoms with Crippen LogP contribution in [0.3, 0.4) is 0 Å². The fourth-order valence-corrected chi connectivity index (χ4v) is 5.43. The van der Waals surface area contributed by atoms with Crippen molar-refractivity contribution in [3.63, 3.8) is 0 Å². The van der Waals surface area contributed by atoms with E-state index >= 15 is 0 Å². The zero-order valence-corrected chi connectivity index (χ0v) is 22.5. The zero-order chi connectivity index (χ0) is 26.9. The van der Waals surface area contributed by atoms with E-state index in [4.69, 9.17) is 28.6 Å². The number of aryl methyl sites for hydroxylation is 1. The Kier molecular flexibility index (Phi) is 6.77. The fourth-order valence-electron chi connectivity index (χ4n) is 4.91. The number of ether oxygens (including phenoxy) is 1. The Morgan fingerprint density at radius 2 is 1.69 bits per heavy atom. The van der Waals surface area contributed by atoms with Crippen molar-refractivity contribution in [3.05, 3.63) is 137 Å². The number of nitrogens with one attached hydrogen (secondary N) is 1. The second-order valence-electron chi connectivity index (χ2n) is 9.26. The minimum atomic E-state index is -0.459. The number of rotatable bonds is 6. The number of thiocarbonyl (C=S) groups is 1. The van der Waals surface area contributed by atoms with Crippen LogP contribution in [0, 0.1) is 12.7 Å². The first-order valence-corrected chi connectivity index (χ1v) is 13.2. The number of hydrogen-bond donors (Lipinski definition) is 1. The van der Waals surface area contributed by atoms with Crippen molar-refractivity contribution >= 4 is 34.6 Å². The van der Waals surface area contributed by atoms with Gasteiger partial charge in [0.2, 0.25) is 0 Å². The third kappa shape index (κ3) is 4.87. The average molecular weight is 555 g/mol. The van der Waals surface area contributed by atoms with E-state index in [2.05, 4.69) is 15.2 Å². The molecule has 8 heteroatoms. The average Bonchev–Trinajstić information content (AvgIpc) is 3.57. The van der Waals surface area contributed by atoms with Crippen molar-refractivity contribution in [1.29, 1.82) is 0 Å². The van der Waals surface area contributed by atoms with Gasteiger partial charge in [0.1, 0.15) is 23.4 Å². The van der Waals surface area contributed by atoms with Crippen LogP contribution in [0.25, 0.3) is 5.69 Å². The summed E-state index contributed by atoms with van der Waals surface area (Å²) < 4.78 is 22.1. The summed E-state index contributed by atoms with van der Waals surface area (Å²) in [7, 11) is 0. The fraction of sp³-hybridized carbons (Fsp3) is 0.0968. The van der Waals surface area contributed by atoms with Crippen LogP contribution in [0.15, 0.2) is 109 Å². The number of pyridine rings is 1. The first kappa shape index (κ1) is 25.1. The maximum Gasteiger partial charge on any atom is 0.174 e. The molecule has 39 heavy (non-hydrogen) atoms. The minimum Gasteiger partial charge on any atom is -0.457 e. The highest BCUT2D eigenvalue weighted by Crippen LogP contribution is 2.43. The van der Waals surface area contributed by atoms with Gasteiger partial charge >= 0.3 is 0 Å². The normalized spacial score (nSPS) is 16.8. The van der Waals surface area contributed by atoms with Gasteiger partial charge in [-0.3, -0.25) is 4.98 Å². The Labute approximate surface area is 236 Å². The molecule has 2 atom stereocenters. The van der Waals surface area contributed by atoms with E-state index in [1.807, 2.05) is 96.6 Å². The summed E-state index contributed by atoms with van der Waals surface area (Å²) in [5, 5.41) is 4.12. The van der Waals surface area contributed by atoms with Crippen molar-refractivity contribution in [1.82, 2.24) is 14.9 Å². The molecular weight excluding hydrogens is 531 g/mol. The molecule has 3 heterocycles. The molecule has 0 spiro atoms. The predicted molar refractivity (Wildman–Crippen MR) is 156 cm³/mol. The molecule has 194 valence electrons. The van der Waals surface area contributed by atoms with Gasteiger partial charge in [0.05, 0.1) is 16.8 Å². The van der Waals surface area contributed by atoms with Gasteiger partial charge in [-0.05, 0) is 97.5 Å². The molecule has 0 aliphatic carbocycles. The summed E-state index contributed by atoms with van der Waals surface area (Å²) in [4.78, 5) is 6.72. The molecule has 0 bridgehead atoms. The van der Waals surface area contributed by atoms with E-state index in [9.17, 15) is 4.39 Å². The van der Waals surface area contributed by atoms with Crippen LogP contribution < -0.4 is 15.0 Å². The summed E-state index contributed by atoms with van der Waals surface area (Å²) in [6, 6.07) is 29.8. The van der Waals surface area contributed by atoms with E-state index in [0.717, 1.165) is 39.8 Å². The van der Waals surface area contributed by atoms with Gasteiger partial charge in [0.15, 0.2) is 5.11 Å². The first-order valence-electron chi connectivity index (χ1n) is 12.5. The molecule has 5 aromatic rings. The molecule has 2 aromatic heterocycles. The van der Waals surface area contributed by atoms with Crippen molar-refractivity contribution in [2.75, 3.05) is 4.90 Å². The Balaban J connectivity index is 1.40. The van der Waals surface area contributed by atoms with E-state index in [1.54, 1.807) is 18.3 Å². The largest absolute Gasteiger partial charge is 0.457 e.